The second-order valence-corrected chi connectivity index (χ2v) is 10.5. The van der Waals surface area contributed by atoms with Crippen molar-refractivity contribution in [1.82, 2.24) is 9.99 Å². The van der Waals surface area contributed by atoms with E-state index in [9.17, 15) is 9.59 Å². The fourth-order valence-electron chi connectivity index (χ4n) is 3.83. The molecule has 4 aromatic rings. The molecule has 0 radical (unpaired) electrons. The van der Waals surface area contributed by atoms with E-state index in [1.807, 2.05) is 42.5 Å². The number of halogens is 2. The number of nitrogens with zero attached hydrogens (tertiary/aromatic N) is 2. The summed E-state index contributed by atoms with van der Waals surface area (Å²) in [6.45, 7) is 3.96. The lowest BCUT2D eigenvalue weighted by Gasteiger charge is -2.13. The summed E-state index contributed by atoms with van der Waals surface area (Å²) < 4.78 is 14.3. The van der Waals surface area contributed by atoms with Gasteiger partial charge in [0.1, 0.15) is 5.75 Å². The van der Waals surface area contributed by atoms with E-state index in [4.69, 9.17) is 9.47 Å². The average molecular weight is 733 g/mol. The first-order valence-electron chi connectivity index (χ1n) is 11.8. The van der Waals surface area contributed by atoms with Crippen molar-refractivity contribution in [1.29, 1.82) is 0 Å². The van der Waals surface area contributed by atoms with Crippen molar-refractivity contribution in [3.05, 3.63) is 103 Å². The highest BCUT2D eigenvalue weighted by molar-refractivity contribution is 14.1. The van der Waals surface area contributed by atoms with Crippen molar-refractivity contribution in [2.75, 3.05) is 13.2 Å². The molecule has 0 aliphatic heterocycles. The van der Waals surface area contributed by atoms with Crippen LogP contribution < -0.4 is 10.2 Å². The van der Waals surface area contributed by atoms with E-state index in [1.165, 1.54) is 0 Å². The molecule has 1 aromatic heterocycles. The maximum absolute atomic E-state index is 12.7. The lowest BCUT2D eigenvalue weighted by Crippen LogP contribution is -2.17. The highest BCUT2D eigenvalue weighted by Crippen LogP contribution is 2.29. The van der Waals surface area contributed by atoms with Crippen LogP contribution in [0.1, 0.15) is 28.5 Å². The van der Waals surface area contributed by atoms with Gasteiger partial charge in [0.15, 0.2) is 6.61 Å². The van der Waals surface area contributed by atoms with Gasteiger partial charge in [-0.3, -0.25) is 4.79 Å². The number of aromatic nitrogens is 1. The van der Waals surface area contributed by atoms with Crippen molar-refractivity contribution in [2.45, 2.75) is 13.8 Å². The van der Waals surface area contributed by atoms with Crippen LogP contribution in [0.15, 0.2) is 84.0 Å². The molecule has 0 spiro atoms. The summed E-state index contributed by atoms with van der Waals surface area (Å²) in [5, 5.41) is 4.12. The fraction of sp³-hybridized carbons (Fsp3) is 0.138. The van der Waals surface area contributed by atoms with Crippen LogP contribution in [0.2, 0.25) is 0 Å². The maximum Gasteiger partial charge on any atom is 0.344 e. The fourth-order valence-corrected chi connectivity index (χ4v) is 5.96. The molecule has 0 fully saturated rings. The molecule has 0 saturated heterocycles. The Bertz CT molecular complexity index is 1440. The number of hydrazone groups is 1. The van der Waals surface area contributed by atoms with Crippen molar-refractivity contribution >= 4 is 63.3 Å². The second kappa shape index (κ2) is 13.1. The zero-order valence-electron chi connectivity index (χ0n) is 20.8. The summed E-state index contributed by atoms with van der Waals surface area (Å²) >= 11 is 4.27. The first-order chi connectivity index (χ1) is 18.4. The third-order valence-electron chi connectivity index (χ3n) is 5.57. The summed E-state index contributed by atoms with van der Waals surface area (Å²) in [6.07, 6.45) is 1.57. The van der Waals surface area contributed by atoms with Crippen molar-refractivity contribution in [3.8, 4) is 22.7 Å². The first-order valence-corrected chi connectivity index (χ1v) is 14.0. The number of benzene rings is 3. The zero-order chi connectivity index (χ0) is 27.1. The third-order valence-corrected chi connectivity index (χ3v) is 7.18. The molecule has 1 N–H and O–H groups in total. The number of carbonyl (C=O) groups excluding carboxylic acids is 2. The molecule has 194 valence electrons. The van der Waals surface area contributed by atoms with E-state index in [2.05, 4.69) is 91.5 Å². The average Bonchev–Trinajstić information content (AvgIpc) is 3.30. The molecule has 0 bridgehead atoms. The van der Waals surface area contributed by atoms with E-state index in [1.54, 1.807) is 25.3 Å². The predicted octanol–water partition coefficient (Wildman–Crippen LogP) is 6.37. The quantitative estimate of drug-likeness (QED) is 0.0940. The molecule has 38 heavy (non-hydrogen) atoms. The Balaban J connectivity index is 1.41. The molecule has 0 aliphatic carbocycles. The Hall–Kier alpha value is -3.19. The maximum atomic E-state index is 12.7. The van der Waals surface area contributed by atoms with Crippen LogP contribution in [0.5, 0.6) is 5.75 Å². The number of esters is 1. The van der Waals surface area contributed by atoms with Crippen molar-refractivity contribution in [3.63, 3.8) is 0 Å². The second-order valence-electron chi connectivity index (χ2n) is 8.21. The largest absolute Gasteiger partial charge is 0.480 e. The number of carbonyl (C=O) groups is 2. The topological polar surface area (TPSA) is 81.9 Å². The Kier molecular flexibility index (Phi) is 9.56. The zero-order valence-corrected chi connectivity index (χ0v) is 25.1. The number of hydrogen-bond acceptors (Lipinski definition) is 5. The van der Waals surface area contributed by atoms with E-state index >= 15 is 0 Å². The van der Waals surface area contributed by atoms with Crippen LogP contribution in [-0.2, 0) is 9.53 Å². The number of aryl methyl sites for hydroxylation is 1. The van der Waals surface area contributed by atoms with Gasteiger partial charge in [-0.15, -0.1) is 0 Å². The third kappa shape index (κ3) is 6.81. The molecule has 9 heteroatoms. The SMILES string of the molecule is CCOC(=O)COc1c(I)cc(/C=N/NC(=O)c2ccc(-n3c(C)ccc3-c3ccccc3)cc2)cc1I. The highest BCUT2D eigenvalue weighted by Gasteiger charge is 2.13. The molecule has 0 saturated carbocycles. The molecular formula is C29H25I2N3O4. The van der Waals surface area contributed by atoms with Crippen LogP contribution in [0.25, 0.3) is 16.9 Å². The van der Waals surface area contributed by atoms with Gasteiger partial charge in [-0.1, -0.05) is 30.3 Å². The van der Waals surface area contributed by atoms with Crippen LogP contribution in [0.4, 0.5) is 0 Å². The molecule has 4 rings (SSSR count). The van der Waals surface area contributed by atoms with Crippen LogP contribution in [0, 0.1) is 14.1 Å². The van der Waals surface area contributed by atoms with Gasteiger partial charge in [0.2, 0.25) is 0 Å². The minimum Gasteiger partial charge on any atom is -0.480 e. The van der Waals surface area contributed by atoms with Crippen molar-refractivity contribution in [2.24, 2.45) is 5.10 Å². The van der Waals surface area contributed by atoms with Gasteiger partial charge in [0, 0.05) is 16.9 Å². The molecule has 7 nitrogen and oxygen atoms in total. The summed E-state index contributed by atoms with van der Waals surface area (Å²) in [5.74, 6) is -0.117. The molecule has 1 heterocycles. The summed E-state index contributed by atoms with van der Waals surface area (Å²) in [6, 6.07) is 25.5. The van der Waals surface area contributed by atoms with Crippen LogP contribution >= 0.6 is 45.2 Å². The minimum atomic E-state index is -0.416. The molecule has 0 aliphatic rings. The van der Waals surface area contributed by atoms with Crippen molar-refractivity contribution < 1.29 is 19.1 Å². The Labute approximate surface area is 248 Å². The lowest BCUT2D eigenvalue weighted by molar-refractivity contribution is -0.145. The number of hydrogen-bond donors (Lipinski definition) is 1. The predicted molar refractivity (Wildman–Crippen MR) is 165 cm³/mol. The van der Waals surface area contributed by atoms with E-state index in [0.717, 1.165) is 35.3 Å². The number of amides is 1. The van der Waals surface area contributed by atoms with Gasteiger partial charge in [-0.2, -0.15) is 5.10 Å². The van der Waals surface area contributed by atoms with Gasteiger partial charge in [-0.05, 0) is 119 Å². The van der Waals surface area contributed by atoms with E-state index < -0.39 is 5.97 Å². The minimum absolute atomic E-state index is 0.153. The first kappa shape index (κ1) is 27.8. The summed E-state index contributed by atoms with van der Waals surface area (Å²) in [7, 11) is 0. The van der Waals surface area contributed by atoms with E-state index in [0.29, 0.717) is 17.9 Å². The molecule has 0 unspecified atom stereocenters. The number of nitrogens with one attached hydrogen (secondary N) is 1. The number of ether oxygens (including phenoxy) is 2. The van der Waals surface area contributed by atoms with Gasteiger partial charge in [-0.25, -0.2) is 10.2 Å². The Morgan fingerprint density at radius 3 is 2.32 bits per heavy atom. The van der Waals surface area contributed by atoms with Crippen LogP contribution in [0.3, 0.4) is 0 Å². The summed E-state index contributed by atoms with van der Waals surface area (Å²) in [4.78, 5) is 24.3. The molecular weight excluding hydrogens is 708 g/mol. The Morgan fingerprint density at radius 1 is 0.974 bits per heavy atom. The highest BCUT2D eigenvalue weighted by atomic mass is 127. The van der Waals surface area contributed by atoms with Gasteiger partial charge in [0.05, 0.1) is 25.7 Å². The molecule has 0 atom stereocenters. The van der Waals surface area contributed by atoms with Gasteiger partial charge < -0.3 is 14.0 Å². The monoisotopic (exact) mass is 733 g/mol. The van der Waals surface area contributed by atoms with Gasteiger partial charge >= 0.3 is 5.97 Å². The standard InChI is InChI=1S/C29H25I2N3O4/c1-3-37-27(35)18-38-28-24(30)15-20(16-25(28)31)17-32-33-29(36)22-10-12-23(13-11-22)34-19(2)9-14-26(34)21-7-5-4-6-8-21/h4-17H,3,18H2,1-2H3,(H,33,36)/b32-17+. The normalized spacial score (nSPS) is 10.9. The van der Waals surface area contributed by atoms with Crippen LogP contribution in [-0.4, -0.2) is 35.9 Å². The Morgan fingerprint density at radius 2 is 1.66 bits per heavy atom. The molecule has 1 amide bonds. The summed E-state index contributed by atoms with van der Waals surface area (Å²) in [5.41, 5.74) is 8.17. The molecule has 3 aromatic carbocycles. The van der Waals surface area contributed by atoms with E-state index in [-0.39, 0.29) is 12.5 Å². The number of rotatable bonds is 9. The van der Waals surface area contributed by atoms with Gasteiger partial charge in [0.25, 0.3) is 5.91 Å². The smallest absolute Gasteiger partial charge is 0.344 e. The lowest BCUT2D eigenvalue weighted by atomic mass is 10.1.